The third-order valence-electron chi connectivity index (χ3n) is 4.28. The molecule has 0 saturated heterocycles. The lowest BCUT2D eigenvalue weighted by Gasteiger charge is -2.42. The van der Waals surface area contributed by atoms with E-state index < -0.39 is 8.07 Å². The summed E-state index contributed by atoms with van der Waals surface area (Å²) in [6.45, 7) is 14.7. The Bertz CT molecular complexity index is 213. The summed E-state index contributed by atoms with van der Waals surface area (Å²) in [5, 5.41) is 0.500. The Kier molecular flexibility index (Phi) is 7.50. The second-order valence-electron chi connectivity index (χ2n) is 6.39. The molecule has 1 atom stereocenters. The van der Waals surface area contributed by atoms with Crippen LogP contribution in [0.4, 0.5) is 0 Å². The van der Waals surface area contributed by atoms with Crippen LogP contribution in [0.2, 0.25) is 23.7 Å². The van der Waals surface area contributed by atoms with Gasteiger partial charge in [0.2, 0.25) is 0 Å². The van der Waals surface area contributed by atoms with Crippen LogP contribution in [0.15, 0.2) is 10.2 Å². The molecule has 96 valence electrons. The first-order chi connectivity index (χ1) is 7.27. The Hall–Kier alpha value is 0.687. The van der Waals surface area contributed by atoms with Gasteiger partial charge >= 0.3 is 0 Å². The molecule has 0 fully saturated rings. The molecule has 2 heteroatoms. The molecule has 0 radical (unpaired) electrons. The first-order valence-electron chi connectivity index (χ1n) is 6.54. The van der Waals surface area contributed by atoms with Gasteiger partial charge < -0.3 is 0 Å². The van der Waals surface area contributed by atoms with Crippen LogP contribution in [0.5, 0.6) is 0 Å². The minimum absolute atomic E-state index is 0.500. The molecule has 0 aliphatic rings. The second kappa shape index (κ2) is 7.19. The van der Waals surface area contributed by atoms with Gasteiger partial charge in [-0.3, -0.25) is 0 Å². The Balaban J connectivity index is 4.63. The summed E-state index contributed by atoms with van der Waals surface area (Å²) in [7, 11) is -1.20. The molecule has 0 nitrogen and oxygen atoms in total. The minimum Gasteiger partial charge on any atom is -0.0780 e. The number of hydrogen-bond acceptors (Lipinski definition) is 0. The van der Waals surface area contributed by atoms with E-state index in [1.807, 2.05) is 0 Å². The van der Waals surface area contributed by atoms with E-state index in [0.29, 0.717) is 5.04 Å². The third kappa shape index (κ3) is 4.90. The van der Waals surface area contributed by atoms with E-state index in [9.17, 15) is 0 Å². The van der Waals surface area contributed by atoms with Gasteiger partial charge in [0.1, 0.15) is 0 Å². The van der Waals surface area contributed by atoms with Crippen molar-refractivity contribution in [3.05, 3.63) is 10.2 Å². The van der Waals surface area contributed by atoms with Crippen molar-refractivity contribution in [2.45, 2.75) is 77.1 Å². The molecule has 0 aromatic heterocycles. The molecule has 0 aliphatic heterocycles. The normalized spacial score (nSPS) is 15.7. The van der Waals surface area contributed by atoms with Gasteiger partial charge in [-0.15, -0.1) is 0 Å². The van der Waals surface area contributed by atoms with E-state index in [1.165, 1.54) is 25.7 Å². The van der Waals surface area contributed by atoms with Crippen LogP contribution in [-0.2, 0) is 0 Å². The number of allylic oxidation sites excluding steroid dienone is 1. The van der Waals surface area contributed by atoms with Crippen LogP contribution < -0.4 is 0 Å². The molecule has 0 saturated carbocycles. The summed E-state index contributed by atoms with van der Waals surface area (Å²) in [6.07, 6.45) is 7.98. The summed E-state index contributed by atoms with van der Waals surface area (Å²) in [5.74, 6) is 0. The van der Waals surface area contributed by atoms with Gasteiger partial charge in [-0.05, 0) is 21.1 Å². The lowest BCUT2D eigenvalue weighted by atomic mass is 10.1. The van der Waals surface area contributed by atoms with Crippen molar-refractivity contribution in [1.82, 2.24) is 0 Å². The van der Waals surface area contributed by atoms with Crippen molar-refractivity contribution in [2.24, 2.45) is 0 Å². The third-order valence-corrected chi connectivity index (χ3v) is 10.9. The van der Waals surface area contributed by atoms with Crippen LogP contribution in [0, 0.1) is 0 Å². The summed E-state index contributed by atoms with van der Waals surface area (Å²) < 4.78 is 2.23. The maximum atomic E-state index is 2.56. The Morgan fingerprint density at radius 2 is 1.75 bits per heavy atom. The van der Waals surface area contributed by atoms with Crippen LogP contribution in [0.1, 0.15) is 53.4 Å². The Morgan fingerprint density at radius 1 is 1.19 bits per heavy atom. The van der Waals surface area contributed by atoms with Crippen LogP contribution >= 0.6 is 22.6 Å². The summed E-state index contributed by atoms with van der Waals surface area (Å²) in [6, 6.07) is 0. The van der Waals surface area contributed by atoms with Crippen LogP contribution in [0.25, 0.3) is 0 Å². The maximum absolute atomic E-state index is 2.56. The number of halogens is 1. The first kappa shape index (κ1) is 16.7. The first-order valence-corrected chi connectivity index (χ1v) is 10.9. The van der Waals surface area contributed by atoms with Crippen molar-refractivity contribution >= 4 is 30.7 Å². The highest BCUT2D eigenvalue weighted by Crippen LogP contribution is 2.46. The zero-order chi connectivity index (χ0) is 12.8. The van der Waals surface area contributed by atoms with Crippen molar-refractivity contribution in [1.29, 1.82) is 0 Å². The molecule has 0 spiro atoms. The Labute approximate surface area is 117 Å². The topological polar surface area (TPSA) is 0 Å². The molecule has 0 unspecified atom stereocenters. The molecule has 0 bridgehead atoms. The number of rotatable bonds is 6. The molecular weight excluding hydrogens is 323 g/mol. The van der Waals surface area contributed by atoms with Gasteiger partial charge in [0.05, 0.1) is 8.07 Å². The number of unbranched alkanes of at least 4 members (excludes halogenated alkanes) is 2. The molecular formula is C14H29ISi. The van der Waals surface area contributed by atoms with E-state index >= 15 is 0 Å². The summed E-state index contributed by atoms with van der Waals surface area (Å²) >= 11 is 2.37. The number of hydrogen-bond donors (Lipinski definition) is 0. The van der Waals surface area contributed by atoms with Gasteiger partial charge in [-0.2, -0.15) is 0 Å². The SMILES string of the molecule is CCCCC[C@@H](/C=C/I)[Si](C)(C)C(C)(C)C. The highest BCUT2D eigenvalue weighted by atomic mass is 127. The average Bonchev–Trinajstić information content (AvgIpc) is 2.15. The average molecular weight is 352 g/mol. The van der Waals surface area contributed by atoms with Crippen molar-refractivity contribution < 1.29 is 0 Å². The highest BCUT2D eigenvalue weighted by Gasteiger charge is 2.40. The fourth-order valence-corrected chi connectivity index (χ4v) is 5.46. The predicted molar refractivity (Wildman–Crippen MR) is 88.2 cm³/mol. The fraction of sp³-hybridized carbons (Fsp3) is 0.857. The molecule has 0 rings (SSSR count). The van der Waals surface area contributed by atoms with E-state index in [2.05, 4.69) is 73.5 Å². The largest absolute Gasteiger partial charge is 0.0780 e. The van der Waals surface area contributed by atoms with Gasteiger partial charge in [0.15, 0.2) is 0 Å². The second-order valence-corrected chi connectivity index (χ2v) is 12.8. The quantitative estimate of drug-likeness (QED) is 0.295. The van der Waals surface area contributed by atoms with E-state index in [-0.39, 0.29) is 0 Å². The maximum Gasteiger partial charge on any atom is 0.0597 e. The van der Waals surface area contributed by atoms with Crippen molar-refractivity contribution in [2.75, 3.05) is 0 Å². The Morgan fingerprint density at radius 3 is 2.12 bits per heavy atom. The van der Waals surface area contributed by atoms with Gasteiger partial charge in [-0.25, -0.2) is 0 Å². The van der Waals surface area contributed by atoms with Crippen LogP contribution in [-0.4, -0.2) is 8.07 Å². The fourth-order valence-electron chi connectivity index (χ4n) is 1.96. The zero-order valence-electron chi connectivity index (χ0n) is 11.9. The van der Waals surface area contributed by atoms with Gasteiger partial charge in [-0.1, -0.05) is 88.7 Å². The van der Waals surface area contributed by atoms with Crippen molar-refractivity contribution in [3.8, 4) is 0 Å². The summed E-state index contributed by atoms with van der Waals surface area (Å²) in [4.78, 5) is 0. The molecule has 0 aliphatic carbocycles. The molecule has 0 amide bonds. The van der Waals surface area contributed by atoms with Gasteiger partial charge in [0, 0.05) is 0 Å². The molecule has 0 N–H and O–H groups in total. The standard InChI is InChI=1S/C14H29ISi/c1-7-8-9-10-13(11-12-15)16(5,6)14(2,3)4/h11-13H,7-10H2,1-6H3/b12-11+/t13-/m0/s1. The van der Waals surface area contributed by atoms with E-state index in [4.69, 9.17) is 0 Å². The summed E-state index contributed by atoms with van der Waals surface area (Å²) in [5.41, 5.74) is 0.843. The van der Waals surface area contributed by atoms with Crippen molar-refractivity contribution in [3.63, 3.8) is 0 Å². The van der Waals surface area contributed by atoms with E-state index in [0.717, 1.165) is 5.54 Å². The monoisotopic (exact) mass is 352 g/mol. The predicted octanol–water partition coefficient (Wildman–Crippen LogP) is 6.39. The van der Waals surface area contributed by atoms with Gasteiger partial charge in [0.25, 0.3) is 0 Å². The highest BCUT2D eigenvalue weighted by molar-refractivity contribution is 14.1. The lowest BCUT2D eigenvalue weighted by molar-refractivity contribution is 0.634. The smallest absolute Gasteiger partial charge is 0.0597 e. The molecule has 0 aromatic carbocycles. The van der Waals surface area contributed by atoms with E-state index in [1.54, 1.807) is 0 Å². The zero-order valence-corrected chi connectivity index (χ0v) is 15.1. The lowest BCUT2D eigenvalue weighted by Crippen LogP contribution is -2.41. The minimum atomic E-state index is -1.20. The molecule has 16 heavy (non-hydrogen) atoms. The van der Waals surface area contributed by atoms with Crippen LogP contribution in [0.3, 0.4) is 0 Å². The molecule has 0 aromatic rings. The molecule has 0 heterocycles.